The van der Waals surface area contributed by atoms with Crippen LogP contribution in [0, 0.1) is 27.6 Å². The first-order valence-corrected chi connectivity index (χ1v) is 11.5. The van der Waals surface area contributed by atoms with E-state index in [2.05, 4.69) is 30.1 Å². The van der Waals surface area contributed by atoms with E-state index in [1.165, 1.54) is 0 Å². The quantitative estimate of drug-likeness (QED) is 0.257. The van der Waals surface area contributed by atoms with Crippen molar-refractivity contribution in [2.24, 2.45) is 7.05 Å². The maximum Gasteiger partial charge on any atom is 0.227 e. The lowest BCUT2D eigenvalue weighted by molar-refractivity contribution is -0.660. The van der Waals surface area contributed by atoms with Crippen molar-refractivity contribution in [3.8, 4) is 22.4 Å². The topological polar surface area (TPSA) is 29.9 Å². The van der Waals surface area contributed by atoms with Crippen molar-refractivity contribution >= 4 is 32.8 Å². The Bertz CT molecular complexity index is 1850. The lowest BCUT2D eigenvalue weighted by Crippen LogP contribution is -2.31. The van der Waals surface area contributed by atoms with Crippen LogP contribution in [0.15, 0.2) is 77.3 Å². The molecule has 0 aliphatic heterocycles. The minimum atomic E-state index is -2.26. The summed E-state index contributed by atoms with van der Waals surface area (Å²) in [5.74, 6) is 0. The first-order chi connectivity index (χ1) is 17.6. The van der Waals surface area contributed by atoms with Crippen molar-refractivity contribution in [1.29, 1.82) is 0 Å². The molecule has 0 N–H and O–H groups in total. The summed E-state index contributed by atoms with van der Waals surface area (Å²) in [4.78, 5) is 4.68. The highest BCUT2D eigenvalue weighted by molar-refractivity contribution is 6.23. The standard InChI is InChI=1S/C31H27N2O/c1-18-10-13-22(14-11-18)26-16-27(33(5)17-19(26)2)28-21(4)23-8-6-7-9-24(23)29-25-15-12-20(3)32-31(25)34-30(28)29/h6-17H,1-5H3/q+1/i2D3. The average Bonchev–Trinajstić information content (AvgIpc) is 3.23. The Hall–Kier alpha value is -3.98. The molecule has 0 unspecified atom stereocenters. The summed E-state index contributed by atoms with van der Waals surface area (Å²) in [5, 5.41) is 4.24. The van der Waals surface area contributed by atoms with Crippen LogP contribution in [0.25, 0.3) is 55.2 Å². The number of benzene rings is 3. The smallest absolute Gasteiger partial charge is 0.227 e. The molecule has 6 aromatic rings. The first-order valence-electron chi connectivity index (χ1n) is 13.0. The SMILES string of the molecule is [2H]C([2H])([2H])c1c[n+](C)c(-c2c(C)c3ccccc3c3c2oc2nc(C)ccc23)cc1-c1ccc(C)cc1. The van der Waals surface area contributed by atoms with Crippen LogP contribution >= 0.6 is 0 Å². The van der Waals surface area contributed by atoms with E-state index in [0.29, 0.717) is 16.8 Å². The number of hydrogen-bond acceptors (Lipinski definition) is 2. The number of aryl methyl sites for hydroxylation is 5. The second-order valence-corrected chi connectivity index (χ2v) is 9.12. The third-order valence-corrected chi connectivity index (χ3v) is 6.79. The maximum atomic E-state index is 8.24. The summed E-state index contributed by atoms with van der Waals surface area (Å²) in [7, 11) is 1.90. The summed E-state index contributed by atoms with van der Waals surface area (Å²) in [6.07, 6.45) is 1.74. The van der Waals surface area contributed by atoms with Gasteiger partial charge in [-0.1, -0.05) is 54.1 Å². The zero-order chi connectivity index (χ0) is 26.1. The lowest BCUT2D eigenvalue weighted by atomic mass is 9.91. The normalized spacial score (nSPS) is 13.4. The van der Waals surface area contributed by atoms with Crippen molar-refractivity contribution in [2.75, 3.05) is 0 Å². The molecular weight excluding hydrogens is 416 g/mol. The molecule has 0 bridgehead atoms. The molecule has 0 radical (unpaired) electrons. The third-order valence-electron chi connectivity index (χ3n) is 6.79. The minimum absolute atomic E-state index is 0.319. The number of hydrogen-bond donors (Lipinski definition) is 0. The Labute approximate surface area is 203 Å². The fraction of sp³-hybridized carbons (Fsp3) is 0.161. The molecule has 0 saturated carbocycles. The highest BCUT2D eigenvalue weighted by Gasteiger charge is 2.25. The van der Waals surface area contributed by atoms with E-state index >= 15 is 0 Å². The number of nitrogens with zero attached hydrogens (tertiary/aromatic N) is 2. The second kappa shape index (κ2) is 7.53. The minimum Gasteiger partial charge on any atom is -0.437 e. The van der Waals surface area contributed by atoms with Crippen LogP contribution in [0.4, 0.5) is 0 Å². The van der Waals surface area contributed by atoms with E-state index in [9.17, 15) is 0 Å². The molecule has 166 valence electrons. The third kappa shape index (κ3) is 3.04. The van der Waals surface area contributed by atoms with E-state index in [0.717, 1.165) is 60.8 Å². The predicted molar refractivity (Wildman–Crippen MR) is 140 cm³/mol. The van der Waals surface area contributed by atoms with Gasteiger partial charge in [-0.3, -0.25) is 0 Å². The van der Waals surface area contributed by atoms with Gasteiger partial charge in [-0.2, -0.15) is 0 Å². The van der Waals surface area contributed by atoms with Crippen molar-refractivity contribution in [3.05, 3.63) is 95.3 Å². The number of furan rings is 1. The van der Waals surface area contributed by atoms with Crippen LogP contribution in [-0.2, 0) is 7.05 Å². The molecule has 3 aromatic heterocycles. The van der Waals surface area contributed by atoms with Crippen LogP contribution in [0.3, 0.4) is 0 Å². The van der Waals surface area contributed by atoms with Gasteiger partial charge in [-0.15, -0.1) is 0 Å². The van der Waals surface area contributed by atoms with Gasteiger partial charge in [0.05, 0.1) is 5.56 Å². The Morgan fingerprint density at radius 1 is 0.882 bits per heavy atom. The van der Waals surface area contributed by atoms with Gasteiger partial charge in [-0.25, -0.2) is 9.55 Å². The highest BCUT2D eigenvalue weighted by atomic mass is 16.3. The van der Waals surface area contributed by atoms with Crippen LogP contribution in [0.2, 0.25) is 0 Å². The Balaban J connectivity index is 1.77. The summed E-state index contributed by atoms with van der Waals surface area (Å²) < 4.78 is 33.1. The van der Waals surface area contributed by atoms with Crippen molar-refractivity contribution < 1.29 is 13.1 Å². The monoisotopic (exact) mass is 446 g/mol. The van der Waals surface area contributed by atoms with Gasteiger partial charge >= 0.3 is 0 Å². The van der Waals surface area contributed by atoms with E-state index in [1.807, 2.05) is 74.0 Å². The Kier molecular flexibility index (Phi) is 3.87. The average molecular weight is 447 g/mol. The molecule has 3 heteroatoms. The van der Waals surface area contributed by atoms with Crippen molar-refractivity contribution in [1.82, 2.24) is 4.98 Å². The molecule has 34 heavy (non-hydrogen) atoms. The van der Waals surface area contributed by atoms with Gasteiger partial charge in [-0.05, 0) is 67.2 Å². The number of rotatable bonds is 2. The van der Waals surface area contributed by atoms with Gasteiger partial charge in [0.2, 0.25) is 11.4 Å². The van der Waals surface area contributed by atoms with Crippen LogP contribution < -0.4 is 4.57 Å². The summed E-state index contributed by atoms with van der Waals surface area (Å²) >= 11 is 0. The van der Waals surface area contributed by atoms with Crippen LogP contribution in [0.5, 0.6) is 0 Å². The molecule has 0 amide bonds. The Morgan fingerprint density at radius 2 is 1.65 bits per heavy atom. The van der Waals surface area contributed by atoms with Gasteiger partial charge in [0.15, 0.2) is 11.8 Å². The van der Waals surface area contributed by atoms with Crippen LogP contribution in [-0.4, -0.2) is 4.98 Å². The van der Waals surface area contributed by atoms with Crippen molar-refractivity contribution in [3.63, 3.8) is 0 Å². The zero-order valence-electron chi connectivity index (χ0n) is 22.7. The molecule has 0 fully saturated rings. The molecule has 3 aromatic carbocycles. The molecule has 0 atom stereocenters. The fourth-order valence-electron chi connectivity index (χ4n) is 5.03. The molecule has 0 aliphatic rings. The summed E-state index contributed by atoms with van der Waals surface area (Å²) in [5.41, 5.74) is 8.16. The van der Waals surface area contributed by atoms with Gasteiger partial charge in [0.25, 0.3) is 0 Å². The largest absolute Gasteiger partial charge is 0.437 e. The predicted octanol–water partition coefficient (Wildman–Crippen LogP) is 7.53. The van der Waals surface area contributed by atoms with Gasteiger partial charge < -0.3 is 4.42 Å². The van der Waals surface area contributed by atoms with Crippen LogP contribution in [0.1, 0.15) is 26.5 Å². The number of pyridine rings is 2. The summed E-state index contributed by atoms with van der Waals surface area (Å²) in [6.45, 7) is 3.83. The molecule has 0 spiro atoms. The Morgan fingerprint density at radius 3 is 2.41 bits per heavy atom. The van der Waals surface area contributed by atoms with Crippen molar-refractivity contribution in [2.45, 2.75) is 27.6 Å². The van der Waals surface area contributed by atoms with Gasteiger partial charge in [0, 0.05) is 32.2 Å². The molecular formula is C31H27N2O+. The molecule has 6 rings (SSSR count). The number of fused-ring (bicyclic) bond motifs is 5. The van der Waals surface area contributed by atoms with E-state index < -0.39 is 6.85 Å². The highest BCUT2D eigenvalue weighted by Crippen LogP contribution is 2.43. The zero-order valence-corrected chi connectivity index (χ0v) is 19.7. The maximum absolute atomic E-state index is 8.24. The molecule has 0 saturated heterocycles. The van der Waals surface area contributed by atoms with E-state index in [-0.39, 0.29) is 0 Å². The number of aromatic nitrogens is 2. The van der Waals surface area contributed by atoms with Gasteiger partial charge in [0.1, 0.15) is 7.05 Å². The van der Waals surface area contributed by atoms with E-state index in [1.54, 1.807) is 6.20 Å². The molecule has 3 heterocycles. The first kappa shape index (κ1) is 17.5. The van der Waals surface area contributed by atoms with E-state index in [4.69, 9.17) is 8.53 Å². The second-order valence-electron chi connectivity index (χ2n) is 9.12. The molecule has 3 nitrogen and oxygen atoms in total. The molecule has 0 aliphatic carbocycles. The lowest BCUT2D eigenvalue weighted by Gasteiger charge is -2.13. The fourth-order valence-corrected chi connectivity index (χ4v) is 5.03. The summed E-state index contributed by atoms with van der Waals surface area (Å²) in [6, 6.07) is 22.4.